The maximum atomic E-state index is 12.3. The highest BCUT2D eigenvalue weighted by Gasteiger charge is 2.38. The summed E-state index contributed by atoms with van der Waals surface area (Å²) in [5.74, 6) is 2.38. The fourth-order valence-electron chi connectivity index (χ4n) is 2.30. The standard InChI is InChI=1S/C16H16N6O/c1-2-3-7-16(21-22-16)8-10-18-15(23)12-11-19-20-14(12)13-6-4-5-9-17-13/h1,4-6,9,11H,3,7-8,10H2,(H,18,23)(H,19,20). The van der Waals surface area contributed by atoms with Gasteiger partial charge >= 0.3 is 0 Å². The predicted molar refractivity (Wildman–Crippen MR) is 84.4 cm³/mol. The topological polar surface area (TPSA) is 95.4 Å². The highest BCUT2D eigenvalue weighted by Crippen LogP contribution is 2.36. The average molecular weight is 308 g/mol. The minimum atomic E-state index is -0.389. The molecule has 0 bridgehead atoms. The van der Waals surface area contributed by atoms with Crippen LogP contribution in [0.4, 0.5) is 0 Å². The van der Waals surface area contributed by atoms with Crippen LogP contribution in [0.25, 0.3) is 11.4 Å². The van der Waals surface area contributed by atoms with Gasteiger partial charge in [0.1, 0.15) is 0 Å². The van der Waals surface area contributed by atoms with E-state index in [-0.39, 0.29) is 11.6 Å². The maximum absolute atomic E-state index is 12.3. The fraction of sp³-hybridized carbons (Fsp3) is 0.312. The van der Waals surface area contributed by atoms with Gasteiger partial charge in [0.05, 0.1) is 23.1 Å². The predicted octanol–water partition coefficient (Wildman–Crippen LogP) is 2.17. The Kier molecular flexibility index (Phi) is 4.15. The van der Waals surface area contributed by atoms with Crippen LogP contribution in [0, 0.1) is 12.3 Å². The Morgan fingerprint density at radius 1 is 1.35 bits per heavy atom. The Morgan fingerprint density at radius 2 is 2.22 bits per heavy atom. The first-order valence-electron chi connectivity index (χ1n) is 7.35. The van der Waals surface area contributed by atoms with Crippen molar-refractivity contribution < 1.29 is 4.79 Å². The molecule has 1 amide bonds. The number of carbonyl (C=O) groups is 1. The molecule has 0 radical (unpaired) electrons. The molecule has 2 aromatic heterocycles. The van der Waals surface area contributed by atoms with Crippen molar-refractivity contribution in [3.63, 3.8) is 0 Å². The first-order valence-corrected chi connectivity index (χ1v) is 7.35. The molecular formula is C16H16N6O. The molecule has 1 aliphatic rings. The van der Waals surface area contributed by atoms with E-state index in [0.717, 1.165) is 6.42 Å². The van der Waals surface area contributed by atoms with Gasteiger partial charge in [-0.2, -0.15) is 15.3 Å². The van der Waals surface area contributed by atoms with E-state index in [9.17, 15) is 4.79 Å². The maximum Gasteiger partial charge on any atom is 0.255 e. The SMILES string of the molecule is C#CCCC1(CCNC(=O)c2cn[nH]c2-c2ccccn2)N=N1. The minimum absolute atomic E-state index is 0.202. The summed E-state index contributed by atoms with van der Waals surface area (Å²) in [7, 11) is 0. The van der Waals surface area contributed by atoms with Gasteiger partial charge in [-0.05, 0) is 12.1 Å². The zero-order valence-corrected chi connectivity index (χ0v) is 12.5. The summed E-state index contributed by atoms with van der Waals surface area (Å²) in [4.78, 5) is 16.6. The third-order valence-electron chi connectivity index (χ3n) is 3.67. The lowest BCUT2D eigenvalue weighted by molar-refractivity contribution is 0.0952. The van der Waals surface area contributed by atoms with Crippen molar-refractivity contribution in [3.8, 4) is 23.7 Å². The molecule has 116 valence electrons. The van der Waals surface area contributed by atoms with Crippen LogP contribution in [0.15, 0.2) is 40.8 Å². The van der Waals surface area contributed by atoms with E-state index < -0.39 is 0 Å². The number of carbonyl (C=O) groups excluding carboxylic acids is 1. The van der Waals surface area contributed by atoms with E-state index >= 15 is 0 Å². The molecule has 7 heteroatoms. The number of terminal acetylenes is 1. The fourth-order valence-corrected chi connectivity index (χ4v) is 2.30. The summed E-state index contributed by atoms with van der Waals surface area (Å²) in [5, 5.41) is 17.7. The summed E-state index contributed by atoms with van der Waals surface area (Å²) in [6.07, 6.45) is 10.4. The minimum Gasteiger partial charge on any atom is -0.352 e. The lowest BCUT2D eigenvalue weighted by Gasteiger charge is -2.09. The number of rotatable bonds is 7. The molecule has 0 saturated heterocycles. The average Bonchev–Trinajstić information content (AvgIpc) is 3.17. The van der Waals surface area contributed by atoms with Crippen LogP contribution in [0.5, 0.6) is 0 Å². The van der Waals surface area contributed by atoms with Gasteiger partial charge in [0, 0.05) is 32.0 Å². The molecule has 3 heterocycles. The Bertz CT molecular complexity index is 752. The van der Waals surface area contributed by atoms with Gasteiger partial charge in [0.15, 0.2) is 5.66 Å². The largest absolute Gasteiger partial charge is 0.352 e. The quantitative estimate of drug-likeness (QED) is 0.767. The highest BCUT2D eigenvalue weighted by atomic mass is 16.1. The molecule has 3 rings (SSSR count). The zero-order chi connectivity index (χ0) is 16.1. The number of hydrogen-bond acceptors (Lipinski definition) is 5. The van der Waals surface area contributed by atoms with Gasteiger partial charge in [-0.1, -0.05) is 6.07 Å². The van der Waals surface area contributed by atoms with E-state index in [4.69, 9.17) is 6.42 Å². The van der Waals surface area contributed by atoms with Crippen LogP contribution >= 0.6 is 0 Å². The monoisotopic (exact) mass is 308 g/mol. The van der Waals surface area contributed by atoms with Crippen LogP contribution in [-0.4, -0.2) is 33.3 Å². The third kappa shape index (κ3) is 3.43. The van der Waals surface area contributed by atoms with Crippen molar-refractivity contribution in [2.75, 3.05) is 6.54 Å². The molecule has 0 aliphatic carbocycles. The number of hydrogen-bond donors (Lipinski definition) is 2. The van der Waals surface area contributed by atoms with Gasteiger partial charge < -0.3 is 5.32 Å². The molecule has 0 spiro atoms. The summed E-state index contributed by atoms with van der Waals surface area (Å²) >= 11 is 0. The second-order valence-corrected chi connectivity index (χ2v) is 5.27. The van der Waals surface area contributed by atoms with Crippen LogP contribution in [-0.2, 0) is 0 Å². The van der Waals surface area contributed by atoms with E-state index in [2.05, 4.69) is 36.6 Å². The van der Waals surface area contributed by atoms with Crippen molar-refractivity contribution in [1.82, 2.24) is 20.5 Å². The molecule has 1 aliphatic heterocycles. The van der Waals surface area contributed by atoms with Crippen LogP contribution in [0.3, 0.4) is 0 Å². The van der Waals surface area contributed by atoms with Crippen LogP contribution in [0.1, 0.15) is 29.6 Å². The van der Waals surface area contributed by atoms with E-state index in [0.29, 0.717) is 36.3 Å². The second kappa shape index (κ2) is 6.40. The van der Waals surface area contributed by atoms with Gasteiger partial charge in [-0.25, -0.2) is 0 Å². The lowest BCUT2D eigenvalue weighted by Crippen LogP contribution is -2.28. The van der Waals surface area contributed by atoms with Crippen molar-refractivity contribution >= 4 is 5.91 Å². The van der Waals surface area contributed by atoms with Crippen LogP contribution < -0.4 is 5.32 Å². The number of aromatic amines is 1. The summed E-state index contributed by atoms with van der Waals surface area (Å²) in [6.45, 7) is 0.475. The summed E-state index contributed by atoms with van der Waals surface area (Å²) < 4.78 is 0. The van der Waals surface area contributed by atoms with Gasteiger partial charge in [0.25, 0.3) is 5.91 Å². The van der Waals surface area contributed by atoms with E-state index in [1.165, 1.54) is 6.20 Å². The summed E-state index contributed by atoms with van der Waals surface area (Å²) in [5.41, 5.74) is 1.35. The molecule has 2 aromatic rings. The Morgan fingerprint density at radius 3 is 2.91 bits per heavy atom. The Hall–Kier alpha value is -3.01. The molecular weight excluding hydrogens is 292 g/mol. The number of nitrogens with one attached hydrogen (secondary N) is 2. The van der Waals surface area contributed by atoms with Crippen molar-refractivity contribution in [3.05, 3.63) is 36.2 Å². The number of pyridine rings is 1. The van der Waals surface area contributed by atoms with E-state index in [1.807, 2.05) is 18.2 Å². The molecule has 23 heavy (non-hydrogen) atoms. The molecule has 2 N–H and O–H groups in total. The van der Waals surface area contributed by atoms with Gasteiger partial charge in [-0.3, -0.25) is 14.9 Å². The lowest BCUT2D eigenvalue weighted by atomic mass is 10.0. The number of amides is 1. The van der Waals surface area contributed by atoms with Crippen LogP contribution in [0.2, 0.25) is 0 Å². The normalized spacial score (nSPS) is 14.2. The Balaban J connectivity index is 1.58. The second-order valence-electron chi connectivity index (χ2n) is 5.27. The van der Waals surface area contributed by atoms with E-state index in [1.54, 1.807) is 6.20 Å². The molecule has 0 unspecified atom stereocenters. The number of nitrogens with zero attached hydrogens (tertiary/aromatic N) is 4. The first-order chi connectivity index (χ1) is 11.2. The number of H-pyrrole nitrogens is 1. The Labute approximate surface area is 133 Å². The third-order valence-corrected chi connectivity index (χ3v) is 3.67. The smallest absolute Gasteiger partial charge is 0.255 e. The van der Waals surface area contributed by atoms with Gasteiger partial charge in [-0.15, -0.1) is 12.3 Å². The van der Waals surface area contributed by atoms with Crippen molar-refractivity contribution in [2.45, 2.75) is 24.9 Å². The molecule has 0 aromatic carbocycles. The zero-order valence-electron chi connectivity index (χ0n) is 12.5. The first kappa shape index (κ1) is 14.9. The molecule has 0 saturated carbocycles. The molecule has 0 fully saturated rings. The molecule has 0 atom stereocenters. The summed E-state index contributed by atoms with van der Waals surface area (Å²) in [6, 6.07) is 5.50. The molecule has 7 nitrogen and oxygen atoms in total. The van der Waals surface area contributed by atoms with Crippen molar-refractivity contribution in [2.24, 2.45) is 10.2 Å². The van der Waals surface area contributed by atoms with Crippen molar-refractivity contribution in [1.29, 1.82) is 0 Å². The number of aromatic nitrogens is 3. The highest BCUT2D eigenvalue weighted by molar-refractivity contribution is 5.99. The van der Waals surface area contributed by atoms with Gasteiger partial charge in [0.2, 0.25) is 0 Å².